The first-order valence-corrected chi connectivity index (χ1v) is 8.60. The van der Waals surface area contributed by atoms with Crippen LogP contribution in [-0.4, -0.2) is 36.6 Å². The summed E-state index contributed by atoms with van der Waals surface area (Å²) in [6, 6.07) is 3.38. The van der Waals surface area contributed by atoms with E-state index in [1.165, 1.54) is 64.5 Å². The van der Waals surface area contributed by atoms with Crippen LogP contribution in [0.25, 0.3) is 0 Å². The summed E-state index contributed by atoms with van der Waals surface area (Å²) in [4.78, 5) is 2.71. The molecule has 0 aromatic heterocycles. The molecule has 1 heterocycles. The summed E-state index contributed by atoms with van der Waals surface area (Å²) < 4.78 is 0. The van der Waals surface area contributed by atoms with Crippen molar-refractivity contribution in [1.29, 1.82) is 5.26 Å². The first-order chi connectivity index (χ1) is 9.75. The highest BCUT2D eigenvalue weighted by molar-refractivity contribution is 5.13. The van der Waals surface area contributed by atoms with Gasteiger partial charge in [-0.05, 0) is 64.6 Å². The number of piperidine rings is 1. The molecule has 20 heavy (non-hydrogen) atoms. The molecule has 1 aliphatic heterocycles. The predicted octanol–water partition coefficient (Wildman–Crippen LogP) is 3.31. The second-order valence-electron chi connectivity index (χ2n) is 6.69. The number of rotatable bonds is 6. The average molecular weight is 277 g/mol. The third kappa shape index (κ3) is 3.35. The Hall–Kier alpha value is -0.590. The van der Waals surface area contributed by atoms with E-state index in [2.05, 4.69) is 23.2 Å². The minimum absolute atomic E-state index is 0.240. The molecule has 0 aromatic carbocycles. The van der Waals surface area contributed by atoms with Crippen LogP contribution < -0.4 is 5.32 Å². The van der Waals surface area contributed by atoms with E-state index in [4.69, 9.17) is 0 Å². The highest BCUT2D eigenvalue weighted by Crippen LogP contribution is 2.37. The fourth-order valence-corrected chi connectivity index (χ4v) is 4.34. The lowest BCUT2D eigenvalue weighted by atomic mass is 9.85. The van der Waals surface area contributed by atoms with Gasteiger partial charge >= 0.3 is 0 Å². The number of hydrogen-bond donors (Lipinski definition) is 1. The Morgan fingerprint density at radius 2 is 2.10 bits per heavy atom. The SMILES string of the molecule is CCCC1CCCCN1CCC1CCCC1(C#N)NC. The van der Waals surface area contributed by atoms with Crippen molar-refractivity contribution < 1.29 is 0 Å². The van der Waals surface area contributed by atoms with E-state index in [0.29, 0.717) is 5.92 Å². The summed E-state index contributed by atoms with van der Waals surface area (Å²) >= 11 is 0. The van der Waals surface area contributed by atoms with Crippen LogP contribution in [0.4, 0.5) is 0 Å². The van der Waals surface area contributed by atoms with Crippen LogP contribution >= 0.6 is 0 Å². The summed E-state index contributed by atoms with van der Waals surface area (Å²) in [5, 5.41) is 12.9. The van der Waals surface area contributed by atoms with Crippen molar-refractivity contribution in [2.75, 3.05) is 20.1 Å². The van der Waals surface area contributed by atoms with E-state index in [-0.39, 0.29) is 5.54 Å². The highest BCUT2D eigenvalue weighted by atomic mass is 15.2. The van der Waals surface area contributed by atoms with Gasteiger partial charge in [-0.2, -0.15) is 5.26 Å². The summed E-state index contributed by atoms with van der Waals surface area (Å²) in [5.41, 5.74) is -0.240. The van der Waals surface area contributed by atoms with Crippen molar-refractivity contribution in [3.05, 3.63) is 0 Å². The Morgan fingerprint density at radius 3 is 2.80 bits per heavy atom. The normalized spacial score (nSPS) is 35.0. The molecule has 1 aliphatic carbocycles. The summed E-state index contributed by atoms with van der Waals surface area (Å²) in [7, 11) is 1.96. The lowest BCUT2D eigenvalue weighted by Gasteiger charge is -2.37. The van der Waals surface area contributed by atoms with E-state index < -0.39 is 0 Å². The summed E-state index contributed by atoms with van der Waals surface area (Å²) in [5.74, 6) is 0.543. The number of hydrogen-bond acceptors (Lipinski definition) is 3. The molecule has 0 aromatic rings. The fraction of sp³-hybridized carbons (Fsp3) is 0.941. The molecule has 3 nitrogen and oxygen atoms in total. The molecule has 2 rings (SSSR count). The van der Waals surface area contributed by atoms with Gasteiger partial charge in [-0.25, -0.2) is 0 Å². The van der Waals surface area contributed by atoms with Crippen LogP contribution in [0.5, 0.6) is 0 Å². The largest absolute Gasteiger partial charge is 0.302 e. The molecule has 3 atom stereocenters. The number of nitrogens with one attached hydrogen (secondary N) is 1. The topological polar surface area (TPSA) is 39.1 Å². The van der Waals surface area contributed by atoms with Crippen LogP contribution in [-0.2, 0) is 0 Å². The van der Waals surface area contributed by atoms with Crippen molar-refractivity contribution in [1.82, 2.24) is 10.2 Å². The molecule has 1 saturated heterocycles. The summed E-state index contributed by atoms with van der Waals surface area (Å²) in [6.07, 6.45) is 11.4. The number of nitriles is 1. The second-order valence-corrected chi connectivity index (χ2v) is 6.69. The predicted molar refractivity (Wildman–Crippen MR) is 83.5 cm³/mol. The van der Waals surface area contributed by atoms with Gasteiger partial charge in [0, 0.05) is 6.04 Å². The van der Waals surface area contributed by atoms with Crippen LogP contribution in [0.1, 0.15) is 64.7 Å². The second kappa shape index (κ2) is 7.43. The van der Waals surface area contributed by atoms with E-state index in [1.54, 1.807) is 0 Å². The van der Waals surface area contributed by atoms with Gasteiger partial charge < -0.3 is 10.2 Å². The molecule has 3 unspecified atom stereocenters. The first kappa shape index (κ1) is 15.8. The van der Waals surface area contributed by atoms with Gasteiger partial charge in [-0.15, -0.1) is 0 Å². The number of likely N-dealkylation sites (tertiary alicyclic amines) is 1. The van der Waals surface area contributed by atoms with Crippen LogP contribution in [0.3, 0.4) is 0 Å². The molecular formula is C17H31N3. The van der Waals surface area contributed by atoms with Crippen molar-refractivity contribution in [2.45, 2.75) is 76.3 Å². The van der Waals surface area contributed by atoms with E-state index in [9.17, 15) is 5.26 Å². The lowest BCUT2D eigenvalue weighted by molar-refractivity contribution is 0.125. The molecule has 1 N–H and O–H groups in total. The Balaban J connectivity index is 1.88. The van der Waals surface area contributed by atoms with Gasteiger partial charge in [0.2, 0.25) is 0 Å². The minimum Gasteiger partial charge on any atom is -0.302 e. The third-order valence-electron chi connectivity index (χ3n) is 5.60. The standard InChI is InChI=1S/C17H31N3/c1-3-7-16-9-4-5-12-20(16)13-10-15-8-6-11-17(15,14-18)19-2/h15-16,19H,3-13H2,1-2H3. The van der Waals surface area contributed by atoms with Gasteiger partial charge in [-0.3, -0.25) is 0 Å². The zero-order chi connectivity index (χ0) is 14.4. The monoisotopic (exact) mass is 277 g/mol. The van der Waals surface area contributed by atoms with Crippen molar-refractivity contribution in [2.24, 2.45) is 5.92 Å². The zero-order valence-electron chi connectivity index (χ0n) is 13.3. The zero-order valence-corrected chi connectivity index (χ0v) is 13.3. The van der Waals surface area contributed by atoms with E-state index in [1.807, 2.05) is 7.05 Å². The Morgan fingerprint density at radius 1 is 1.25 bits per heavy atom. The fourth-order valence-electron chi connectivity index (χ4n) is 4.34. The maximum atomic E-state index is 9.53. The van der Waals surface area contributed by atoms with Gasteiger partial charge in [0.1, 0.15) is 5.54 Å². The smallest absolute Gasteiger partial charge is 0.109 e. The maximum Gasteiger partial charge on any atom is 0.109 e. The molecule has 1 saturated carbocycles. The Labute approximate surface area is 124 Å². The molecule has 0 spiro atoms. The molecule has 114 valence electrons. The number of nitrogens with zero attached hydrogens (tertiary/aromatic N) is 2. The lowest BCUT2D eigenvalue weighted by Crippen LogP contribution is -2.47. The molecule has 2 aliphatic rings. The molecule has 3 heteroatoms. The maximum absolute atomic E-state index is 9.53. The van der Waals surface area contributed by atoms with Crippen molar-refractivity contribution >= 4 is 0 Å². The first-order valence-electron chi connectivity index (χ1n) is 8.60. The van der Waals surface area contributed by atoms with Gasteiger partial charge in [0.25, 0.3) is 0 Å². The molecule has 0 bridgehead atoms. The molecular weight excluding hydrogens is 246 g/mol. The molecule has 2 fully saturated rings. The Bertz CT molecular complexity index is 334. The quantitative estimate of drug-likeness (QED) is 0.809. The average Bonchev–Trinajstić information content (AvgIpc) is 2.90. The highest BCUT2D eigenvalue weighted by Gasteiger charge is 2.41. The molecule has 0 amide bonds. The summed E-state index contributed by atoms with van der Waals surface area (Å²) in [6.45, 7) is 4.77. The van der Waals surface area contributed by atoms with E-state index in [0.717, 1.165) is 12.5 Å². The van der Waals surface area contributed by atoms with Crippen molar-refractivity contribution in [3.8, 4) is 6.07 Å². The van der Waals surface area contributed by atoms with Gasteiger partial charge in [-0.1, -0.05) is 26.2 Å². The molecule has 0 radical (unpaired) electrons. The van der Waals surface area contributed by atoms with Crippen LogP contribution in [0, 0.1) is 17.2 Å². The van der Waals surface area contributed by atoms with E-state index >= 15 is 0 Å². The Kier molecular flexibility index (Phi) is 5.86. The van der Waals surface area contributed by atoms with Gasteiger partial charge in [0.15, 0.2) is 0 Å². The third-order valence-corrected chi connectivity index (χ3v) is 5.60. The van der Waals surface area contributed by atoms with Gasteiger partial charge in [0.05, 0.1) is 6.07 Å². The van der Waals surface area contributed by atoms with Crippen molar-refractivity contribution in [3.63, 3.8) is 0 Å². The van der Waals surface area contributed by atoms with Crippen LogP contribution in [0.2, 0.25) is 0 Å². The van der Waals surface area contributed by atoms with Crippen LogP contribution in [0.15, 0.2) is 0 Å². The minimum atomic E-state index is -0.240.